The summed E-state index contributed by atoms with van der Waals surface area (Å²) in [6, 6.07) is 13.2. The van der Waals surface area contributed by atoms with Gasteiger partial charge in [-0.05, 0) is 59.7 Å². The van der Waals surface area contributed by atoms with E-state index in [1.54, 1.807) is 0 Å². The van der Waals surface area contributed by atoms with Crippen LogP contribution in [0.25, 0.3) is 0 Å². The highest BCUT2D eigenvalue weighted by molar-refractivity contribution is 9.11. The average molecular weight is 514 g/mol. The number of aryl methyl sites for hydroxylation is 1. The quantitative estimate of drug-likeness (QED) is 0.412. The van der Waals surface area contributed by atoms with E-state index >= 15 is 0 Å². The van der Waals surface area contributed by atoms with Crippen molar-refractivity contribution in [2.24, 2.45) is 0 Å². The van der Waals surface area contributed by atoms with Crippen LogP contribution in [-0.2, 0) is 0 Å². The SMILES string of the molecule is Cc1ccc(Br)c([Si](C)(C)c2cc(O[Si](C)(C)C(C)(C)C)ccc2Br)c1. The number of halogens is 2. The summed E-state index contributed by atoms with van der Waals surface area (Å²) in [4.78, 5) is 0. The first-order valence-electron chi connectivity index (χ1n) is 9.01. The van der Waals surface area contributed by atoms with Crippen molar-refractivity contribution >= 4 is 58.6 Å². The summed E-state index contributed by atoms with van der Waals surface area (Å²) in [5.74, 6) is 0.999. The Morgan fingerprint density at radius 1 is 0.808 bits per heavy atom. The van der Waals surface area contributed by atoms with Gasteiger partial charge in [0.05, 0.1) is 0 Å². The molecule has 0 spiro atoms. The second-order valence-corrected chi connectivity index (χ2v) is 19.9. The summed E-state index contributed by atoms with van der Waals surface area (Å²) in [5, 5.41) is 2.98. The molecule has 26 heavy (non-hydrogen) atoms. The van der Waals surface area contributed by atoms with Crippen LogP contribution in [0.3, 0.4) is 0 Å². The molecule has 0 saturated carbocycles. The first-order chi connectivity index (χ1) is 11.8. The average Bonchev–Trinajstić information content (AvgIpc) is 2.50. The van der Waals surface area contributed by atoms with Crippen LogP contribution in [0.1, 0.15) is 26.3 Å². The number of hydrogen-bond acceptors (Lipinski definition) is 1. The third-order valence-electron chi connectivity index (χ3n) is 5.59. The molecular formula is C21H30Br2OSi2. The maximum atomic E-state index is 6.58. The van der Waals surface area contributed by atoms with Crippen LogP contribution >= 0.6 is 31.9 Å². The van der Waals surface area contributed by atoms with Crippen LogP contribution < -0.4 is 14.8 Å². The van der Waals surface area contributed by atoms with E-state index < -0.39 is 16.4 Å². The minimum absolute atomic E-state index is 0.187. The Labute approximate surface area is 178 Å². The minimum atomic E-state index is -1.89. The highest BCUT2D eigenvalue weighted by Gasteiger charge is 2.39. The van der Waals surface area contributed by atoms with Crippen molar-refractivity contribution in [2.45, 2.75) is 58.9 Å². The van der Waals surface area contributed by atoms with Gasteiger partial charge in [-0.2, -0.15) is 0 Å². The van der Waals surface area contributed by atoms with Gasteiger partial charge in [-0.3, -0.25) is 0 Å². The molecule has 0 heterocycles. The molecule has 0 saturated heterocycles. The lowest BCUT2D eigenvalue weighted by molar-refractivity contribution is 0.492. The zero-order valence-electron chi connectivity index (χ0n) is 17.1. The topological polar surface area (TPSA) is 9.23 Å². The molecule has 0 fully saturated rings. The Morgan fingerprint density at radius 3 is 1.85 bits per heavy atom. The van der Waals surface area contributed by atoms with Gasteiger partial charge in [-0.25, -0.2) is 0 Å². The van der Waals surface area contributed by atoms with Gasteiger partial charge in [0.2, 0.25) is 8.32 Å². The number of rotatable bonds is 4. The zero-order valence-corrected chi connectivity index (χ0v) is 22.3. The molecule has 0 unspecified atom stereocenters. The number of hydrogen-bond donors (Lipinski definition) is 0. The molecule has 0 bridgehead atoms. The van der Waals surface area contributed by atoms with Gasteiger partial charge < -0.3 is 4.43 Å². The lowest BCUT2D eigenvalue weighted by atomic mass is 10.2. The molecule has 0 aliphatic rings. The predicted octanol–water partition coefficient (Wildman–Crippen LogP) is 6.73. The van der Waals surface area contributed by atoms with E-state index in [2.05, 4.69) is 122 Å². The van der Waals surface area contributed by atoms with Gasteiger partial charge in [0, 0.05) is 8.95 Å². The minimum Gasteiger partial charge on any atom is -0.544 e. The standard InChI is InChI=1S/C21H30Br2OSi2/c1-15-9-11-17(22)19(13-15)25(5,6)20-14-16(10-12-18(20)23)24-26(7,8)21(2,3)4/h9-14H,1-8H3. The summed E-state index contributed by atoms with van der Waals surface area (Å²) in [7, 11) is -3.74. The molecule has 0 aromatic heterocycles. The van der Waals surface area contributed by atoms with Crippen molar-refractivity contribution in [3.05, 3.63) is 50.9 Å². The fourth-order valence-electron chi connectivity index (χ4n) is 2.76. The highest BCUT2D eigenvalue weighted by Crippen LogP contribution is 2.37. The molecule has 2 aromatic carbocycles. The third kappa shape index (κ3) is 4.54. The van der Waals surface area contributed by atoms with Crippen molar-refractivity contribution in [1.29, 1.82) is 0 Å². The van der Waals surface area contributed by atoms with Crippen molar-refractivity contribution in [3.63, 3.8) is 0 Å². The highest BCUT2D eigenvalue weighted by atomic mass is 79.9. The largest absolute Gasteiger partial charge is 0.544 e. The molecular weight excluding hydrogens is 484 g/mol. The molecule has 0 atom stereocenters. The zero-order chi connectivity index (χ0) is 19.9. The van der Waals surface area contributed by atoms with Crippen molar-refractivity contribution in [2.75, 3.05) is 0 Å². The summed E-state index contributed by atoms with van der Waals surface area (Å²) in [5.41, 5.74) is 1.30. The predicted molar refractivity (Wildman–Crippen MR) is 128 cm³/mol. The van der Waals surface area contributed by atoms with Crippen molar-refractivity contribution < 1.29 is 4.43 Å². The van der Waals surface area contributed by atoms with E-state index in [1.165, 1.54) is 24.9 Å². The van der Waals surface area contributed by atoms with Crippen LogP contribution in [0.15, 0.2) is 45.3 Å². The van der Waals surface area contributed by atoms with Gasteiger partial charge in [-0.1, -0.05) is 83.4 Å². The van der Waals surface area contributed by atoms with E-state index in [-0.39, 0.29) is 5.04 Å². The maximum absolute atomic E-state index is 6.58. The van der Waals surface area contributed by atoms with Gasteiger partial charge in [0.1, 0.15) is 13.8 Å². The molecule has 5 heteroatoms. The van der Waals surface area contributed by atoms with E-state index in [9.17, 15) is 0 Å². The van der Waals surface area contributed by atoms with Gasteiger partial charge >= 0.3 is 0 Å². The van der Waals surface area contributed by atoms with E-state index in [1.807, 2.05) is 0 Å². The summed E-state index contributed by atoms with van der Waals surface area (Å²) in [6.45, 7) is 18.4. The second kappa shape index (κ2) is 7.57. The molecule has 1 nitrogen and oxygen atoms in total. The Balaban J connectivity index is 2.51. The fourth-order valence-corrected chi connectivity index (χ4v) is 9.99. The van der Waals surface area contributed by atoms with Gasteiger partial charge in [0.15, 0.2) is 0 Å². The molecule has 0 N–H and O–H groups in total. The Morgan fingerprint density at radius 2 is 1.31 bits per heavy atom. The summed E-state index contributed by atoms with van der Waals surface area (Å²) < 4.78 is 8.94. The molecule has 142 valence electrons. The lowest BCUT2D eigenvalue weighted by Gasteiger charge is -2.37. The first kappa shape index (κ1) is 21.9. The van der Waals surface area contributed by atoms with Gasteiger partial charge in [0.25, 0.3) is 0 Å². The molecule has 0 aliphatic heterocycles. The van der Waals surface area contributed by atoms with Crippen LogP contribution in [-0.4, -0.2) is 16.4 Å². The second-order valence-electron chi connectivity index (χ2n) is 9.11. The molecule has 2 rings (SSSR count). The molecule has 0 radical (unpaired) electrons. The molecule has 2 aromatic rings. The van der Waals surface area contributed by atoms with Gasteiger partial charge in [-0.15, -0.1) is 0 Å². The van der Waals surface area contributed by atoms with Crippen LogP contribution in [0, 0.1) is 6.92 Å². The van der Waals surface area contributed by atoms with E-state index in [0.717, 1.165) is 5.75 Å². The summed E-state index contributed by atoms with van der Waals surface area (Å²) in [6.07, 6.45) is 0. The number of benzene rings is 2. The Hall–Kier alpha value is -0.366. The Bertz CT molecular complexity index is 808. The summed E-state index contributed by atoms with van der Waals surface area (Å²) >= 11 is 7.58. The van der Waals surface area contributed by atoms with E-state index in [4.69, 9.17) is 4.43 Å². The first-order valence-corrected chi connectivity index (χ1v) is 16.5. The Kier molecular flexibility index (Phi) is 6.38. The monoisotopic (exact) mass is 512 g/mol. The van der Waals surface area contributed by atoms with Crippen LogP contribution in [0.4, 0.5) is 0 Å². The van der Waals surface area contributed by atoms with Crippen molar-refractivity contribution in [3.8, 4) is 5.75 Å². The lowest BCUT2D eigenvalue weighted by Crippen LogP contribution is -2.54. The molecule has 0 amide bonds. The molecule has 0 aliphatic carbocycles. The van der Waals surface area contributed by atoms with Crippen LogP contribution in [0.5, 0.6) is 5.75 Å². The smallest absolute Gasteiger partial charge is 0.250 e. The van der Waals surface area contributed by atoms with E-state index in [0.29, 0.717) is 0 Å². The fraction of sp³-hybridized carbons (Fsp3) is 0.429. The third-order valence-corrected chi connectivity index (χ3v) is 15.6. The maximum Gasteiger partial charge on any atom is 0.250 e. The van der Waals surface area contributed by atoms with Crippen LogP contribution in [0.2, 0.25) is 31.2 Å². The van der Waals surface area contributed by atoms with Crippen molar-refractivity contribution in [1.82, 2.24) is 0 Å². The normalized spacial score (nSPS) is 13.0.